The lowest BCUT2D eigenvalue weighted by Crippen LogP contribution is -2.54. The molecule has 1 unspecified atom stereocenters. The summed E-state index contributed by atoms with van der Waals surface area (Å²) < 4.78 is 27.2. The van der Waals surface area contributed by atoms with Gasteiger partial charge in [0.15, 0.2) is 5.96 Å². The number of aryl methyl sites for hydroxylation is 1. The summed E-state index contributed by atoms with van der Waals surface area (Å²) in [7, 11) is -1.57. The average molecular weight is 343 g/mol. The van der Waals surface area contributed by atoms with Crippen LogP contribution < -0.4 is 15.4 Å². The Bertz CT molecular complexity index is 666. The van der Waals surface area contributed by atoms with Gasteiger partial charge in [-0.1, -0.05) is 0 Å². The molecule has 0 fully saturated rings. The lowest BCUT2D eigenvalue weighted by Gasteiger charge is -2.29. The molecule has 9 nitrogen and oxygen atoms in total. The zero-order valence-electron chi connectivity index (χ0n) is 14.0. The van der Waals surface area contributed by atoms with Crippen LogP contribution in [-0.4, -0.2) is 60.6 Å². The smallest absolute Gasteiger partial charge is 0.209 e. The van der Waals surface area contributed by atoms with Crippen LogP contribution in [0.3, 0.4) is 0 Å². The van der Waals surface area contributed by atoms with Gasteiger partial charge in [0, 0.05) is 31.6 Å². The van der Waals surface area contributed by atoms with Gasteiger partial charge in [0.05, 0.1) is 12.8 Å². The molecule has 0 amide bonds. The van der Waals surface area contributed by atoms with Crippen molar-refractivity contribution in [1.29, 1.82) is 0 Å². The normalized spacial score (nSPS) is 19.3. The van der Waals surface area contributed by atoms with Gasteiger partial charge in [0.25, 0.3) is 0 Å². The summed E-state index contributed by atoms with van der Waals surface area (Å²) in [6, 6.07) is 0.210. The van der Waals surface area contributed by atoms with Crippen molar-refractivity contribution in [3.05, 3.63) is 12.2 Å². The van der Waals surface area contributed by atoms with Crippen molar-refractivity contribution in [2.24, 2.45) is 4.99 Å². The second-order valence-electron chi connectivity index (χ2n) is 6.42. The first-order valence-electron chi connectivity index (χ1n) is 7.51. The summed E-state index contributed by atoms with van der Waals surface area (Å²) in [5.41, 5.74) is -0.614. The summed E-state index contributed by atoms with van der Waals surface area (Å²) >= 11 is 0. The van der Waals surface area contributed by atoms with Crippen molar-refractivity contribution in [2.75, 3.05) is 19.8 Å². The van der Waals surface area contributed by atoms with E-state index in [1.807, 2.05) is 18.5 Å². The van der Waals surface area contributed by atoms with Crippen LogP contribution in [0.1, 0.15) is 26.1 Å². The summed E-state index contributed by atoms with van der Waals surface area (Å²) in [4.78, 5) is 8.40. The first-order chi connectivity index (χ1) is 10.7. The van der Waals surface area contributed by atoms with Gasteiger partial charge in [-0.3, -0.25) is 4.99 Å². The molecule has 2 rings (SSSR count). The predicted molar refractivity (Wildman–Crippen MR) is 88.7 cm³/mol. The molecule has 0 saturated carbocycles. The van der Waals surface area contributed by atoms with Crippen molar-refractivity contribution in [2.45, 2.75) is 44.8 Å². The Kier molecular flexibility index (Phi) is 5.25. The first-order valence-corrected chi connectivity index (χ1v) is 9.40. The van der Waals surface area contributed by atoms with E-state index in [0.717, 1.165) is 31.5 Å². The Hall–Kier alpha value is -1.68. The van der Waals surface area contributed by atoms with Crippen LogP contribution in [0.25, 0.3) is 0 Å². The third kappa shape index (κ3) is 5.47. The van der Waals surface area contributed by atoms with Gasteiger partial charge in [-0.05, 0) is 20.3 Å². The molecule has 23 heavy (non-hydrogen) atoms. The van der Waals surface area contributed by atoms with Gasteiger partial charge in [-0.25, -0.2) is 22.8 Å². The van der Waals surface area contributed by atoms with Crippen molar-refractivity contribution >= 4 is 16.0 Å². The predicted octanol–water partition coefficient (Wildman–Crippen LogP) is -0.914. The molecular formula is C13H25N7O2S. The first kappa shape index (κ1) is 17.7. The van der Waals surface area contributed by atoms with E-state index in [4.69, 9.17) is 0 Å². The van der Waals surface area contributed by atoms with Gasteiger partial charge >= 0.3 is 0 Å². The van der Waals surface area contributed by atoms with Crippen LogP contribution in [0.15, 0.2) is 11.3 Å². The van der Waals surface area contributed by atoms with E-state index in [0.29, 0.717) is 12.5 Å². The largest absolute Gasteiger partial charge is 0.355 e. The van der Waals surface area contributed by atoms with Gasteiger partial charge in [0.1, 0.15) is 12.2 Å². The third-order valence-corrected chi connectivity index (χ3v) is 4.45. The molecule has 2 heterocycles. The molecule has 3 N–H and O–H groups in total. The number of nitrogens with one attached hydrogen (secondary N) is 3. The van der Waals surface area contributed by atoms with E-state index in [2.05, 4.69) is 30.4 Å². The van der Waals surface area contributed by atoms with E-state index < -0.39 is 15.6 Å². The Balaban J connectivity index is 1.87. The number of hydrogen-bond acceptors (Lipinski definition) is 5. The SMILES string of the molecule is CN=C(NCC(C)(C)NS(C)(=O)=O)NC1CCc2ncnn2C1. The van der Waals surface area contributed by atoms with Crippen LogP contribution in [-0.2, 0) is 23.0 Å². The molecule has 0 aliphatic carbocycles. The molecule has 0 spiro atoms. The minimum Gasteiger partial charge on any atom is -0.355 e. The molecule has 130 valence electrons. The number of aromatic nitrogens is 3. The quantitative estimate of drug-likeness (QED) is 0.471. The van der Waals surface area contributed by atoms with Gasteiger partial charge in [-0.15, -0.1) is 0 Å². The molecule has 1 aromatic heterocycles. The topological polar surface area (TPSA) is 113 Å². The highest BCUT2D eigenvalue weighted by atomic mass is 32.2. The average Bonchev–Trinajstić information content (AvgIpc) is 2.88. The number of hydrogen-bond donors (Lipinski definition) is 3. The van der Waals surface area contributed by atoms with E-state index in [1.165, 1.54) is 0 Å². The van der Waals surface area contributed by atoms with Gasteiger partial charge < -0.3 is 10.6 Å². The van der Waals surface area contributed by atoms with Crippen LogP contribution in [0.5, 0.6) is 0 Å². The monoisotopic (exact) mass is 343 g/mol. The summed E-state index contributed by atoms with van der Waals surface area (Å²) in [5.74, 6) is 1.64. The van der Waals surface area contributed by atoms with Crippen molar-refractivity contribution < 1.29 is 8.42 Å². The number of nitrogens with zero attached hydrogens (tertiary/aromatic N) is 4. The molecule has 0 radical (unpaired) electrons. The van der Waals surface area contributed by atoms with E-state index in [1.54, 1.807) is 13.4 Å². The molecular weight excluding hydrogens is 318 g/mol. The van der Waals surface area contributed by atoms with Crippen molar-refractivity contribution in [3.63, 3.8) is 0 Å². The van der Waals surface area contributed by atoms with E-state index in [-0.39, 0.29) is 6.04 Å². The highest BCUT2D eigenvalue weighted by Gasteiger charge is 2.24. The number of sulfonamides is 1. The molecule has 1 atom stereocenters. The second-order valence-corrected chi connectivity index (χ2v) is 8.17. The van der Waals surface area contributed by atoms with Crippen LogP contribution in [0.2, 0.25) is 0 Å². The molecule has 1 aliphatic rings. The molecule has 1 aromatic rings. The standard InChI is InChI=1S/C13H25N7O2S/c1-13(2,19-23(4,21)22)8-15-12(14-3)18-10-5-6-11-16-9-17-20(11)7-10/h9-10,19H,5-8H2,1-4H3,(H2,14,15,18). The van der Waals surface area contributed by atoms with Crippen LogP contribution >= 0.6 is 0 Å². The zero-order chi connectivity index (χ0) is 17.1. The number of guanidine groups is 1. The van der Waals surface area contributed by atoms with E-state index in [9.17, 15) is 8.42 Å². The highest BCUT2D eigenvalue weighted by Crippen LogP contribution is 2.11. The Morgan fingerprint density at radius 2 is 2.26 bits per heavy atom. The fraction of sp³-hybridized carbons (Fsp3) is 0.769. The minimum atomic E-state index is -3.26. The Morgan fingerprint density at radius 1 is 1.52 bits per heavy atom. The molecule has 1 aliphatic heterocycles. The maximum absolute atomic E-state index is 11.4. The number of rotatable bonds is 5. The fourth-order valence-electron chi connectivity index (χ4n) is 2.59. The highest BCUT2D eigenvalue weighted by molar-refractivity contribution is 7.88. The Morgan fingerprint density at radius 3 is 2.91 bits per heavy atom. The van der Waals surface area contributed by atoms with Gasteiger partial charge in [0.2, 0.25) is 10.0 Å². The maximum Gasteiger partial charge on any atom is 0.209 e. The summed E-state index contributed by atoms with van der Waals surface area (Å²) in [6.45, 7) is 4.79. The molecule has 10 heteroatoms. The van der Waals surface area contributed by atoms with Crippen LogP contribution in [0, 0.1) is 0 Å². The Labute approximate surface area is 137 Å². The molecule has 0 saturated heterocycles. The molecule has 0 bridgehead atoms. The summed E-state index contributed by atoms with van der Waals surface area (Å²) in [5, 5.41) is 10.7. The van der Waals surface area contributed by atoms with E-state index >= 15 is 0 Å². The van der Waals surface area contributed by atoms with Crippen molar-refractivity contribution in [1.82, 2.24) is 30.1 Å². The zero-order valence-corrected chi connectivity index (χ0v) is 14.8. The third-order valence-electron chi connectivity index (χ3n) is 3.53. The number of fused-ring (bicyclic) bond motifs is 1. The van der Waals surface area contributed by atoms with Gasteiger partial charge in [-0.2, -0.15) is 5.10 Å². The summed E-state index contributed by atoms with van der Waals surface area (Å²) in [6.07, 6.45) is 4.55. The second kappa shape index (κ2) is 6.83. The lowest BCUT2D eigenvalue weighted by molar-refractivity contribution is 0.389. The lowest BCUT2D eigenvalue weighted by atomic mass is 10.1. The number of aliphatic imine (C=N–C) groups is 1. The molecule has 0 aromatic carbocycles. The minimum absolute atomic E-state index is 0.210. The maximum atomic E-state index is 11.4. The van der Waals surface area contributed by atoms with Crippen molar-refractivity contribution in [3.8, 4) is 0 Å². The fourth-order valence-corrected chi connectivity index (χ4v) is 3.66. The van der Waals surface area contributed by atoms with Crippen LogP contribution in [0.4, 0.5) is 0 Å².